The summed E-state index contributed by atoms with van der Waals surface area (Å²) < 4.78 is 25.0. The van der Waals surface area contributed by atoms with E-state index in [1.54, 1.807) is 6.92 Å². The molecule has 0 aromatic rings. The van der Waals surface area contributed by atoms with E-state index in [-0.39, 0.29) is 11.7 Å². The van der Waals surface area contributed by atoms with Crippen LogP contribution >= 0.6 is 0 Å². The highest BCUT2D eigenvalue weighted by Gasteiger charge is 2.27. The van der Waals surface area contributed by atoms with Gasteiger partial charge in [-0.05, 0) is 38.8 Å². The normalized spacial score (nSPS) is 25.1. The maximum Gasteiger partial charge on any atom is 0.222 e. The van der Waals surface area contributed by atoms with Crippen LogP contribution in [-0.2, 0) is 14.8 Å². The Bertz CT molecular complexity index is 424. The molecule has 6 nitrogen and oxygen atoms in total. The van der Waals surface area contributed by atoms with Crippen molar-refractivity contribution in [3.63, 3.8) is 0 Å². The fourth-order valence-corrected chi connectivity index (χ4v) is 3.93. The summed E-state index contributed by atoms with van der Waals surface area (Å²) >= 11 is 0. The lowest BCUT2D eigenvalue weighted by molar-refractivity contribution is -0.132. The lowest BCUT2D eigenvalue weighted by Gasteiger charge is -2.34. The van der Waals surface area contributed by atoms with Crippen molar-refractivity contribution in [3.8, 4) is 0 Å². The van der Waals surface area contributed by atoms with Crippen LogP contribution in [-0.4, -0.2) is 68.6 Å². The maximum absolute atomic E-state index is 12.1. The maximum atomic E-state index is 12.1. The van der Waals surface area contributed by atoms with Crippen LogP contribution in [0.1, 0.15) is 26.2 Å². The lowest BCUT2D eigenvalue weighted by Crippen LogP contribution is -2.50. The third-order valence-electron chi connectivity index (χ3n) is 4.28. The van der Waals surface area contributed by atoms with Crippen molar-refractivity contribution in [3.05, 3.63) is 0 Å². The van der Waals surface area contributed by atoms with Crippen LogP contribution in [0.2, 0.25) is 0 Å². The van der Waals surface area contributed by atoms with Gasteiger partial charge in [0, 0.05) is 32.6 Å². The molecule has 1 atom stereocenters. The van der Waals surface area contributed by atoms with E-state index in [1.165, 1.54) is 4.31 Å². The predicted molar refractivity (Wildman–Crippen MR) is 77.8 cm³/mol. The Labute approximate surface area is 121 Å². The van der Waals surface area contributed by atoms with Gasteiger partial charge in [0.15, 0.2) is 0 Å². The first-order valence-corrected chi connectivity index (χ1v) is 9.10. The van der Waals surface area contributed by atoms with Crippen LogP contribution in [0.4, 0.5) is 0 Å². The molecule has 116 valence electrons. The van der Waals surface area contributed by atoms with Gasteiger partial charge in [0.1, 0.15) is 0 Å². The van der Waals surface area contributed by atoms with E-state index in [0.29, 0.717) is 38.5 Å². The molecule has 0 spiro atoms. The van der Waals surface area contributed by atoms with Crippen molar-refractivity contribution in [1.82, 2.24) is 14.5 Å². The van der Waals surface area contributed by atoms with Gasteiger partial charge in [-0.2, -0.15) is 4.31 Å². The second kappa shape index (κ2) is 6.87. The Morgan fingerprint density at radius 1 is 1.25 bits per heavy atom. The van der Waals surface area contributed by atoms with Gasteiger partial charge in [-0.1, -0.05) is 0 Å². The Hall–Kier alpha value is -0.660. The molecule has 0 aromatic heterocycles. The van der Waals surface area contributed by atoms with E-state index in [2.05, 4.69) is 5.32 Å². The van der Waals surface area contributed by atoms with E-state index in [1.807, 2.05) is 4.90 Å². The molecule has 1 unspecified atom stereocenters. The van der Waals surface area contributed by atoms with E-state index < -0.39 is 10.0 Å². The van der Waals surface area contributed by atoms with Crippen LogP contribution in [0.25, 0.3) is 0 Å². The Kier molecular flexibility index (Phi) is 5.40. The van der Waals surface area contributed by atoms with Crippen molar-refractivity contribution < 1.29 is 13.2 Å². The number of rotatable bonds is 5. The second-order valence-electron chi connectivity index (χ2n) is 5.58. The topological polar surface area (TPSA) is 69.7 Å². The highest BCUT2D eigenvalue weighted by molar-refractivity contribution is 7.89. The minimum atomic E-state index is -3.11. The third-order valence-corrected chi connectivity index (χ3v) is 6.16. The molecule has 0 bridgehead atoms. The van der Waals surface area contributed by atoms with Gasteiger partial charge in [-0.3, -0.25) is 4.79 Å². The first-order valence-electron chi connectivity index (χ1n) is 7.49. The molecule has 1 N–H and O–H groups in total. The number of nitrogens with zero attached hydrogens (tertiary/aromatic N) is 2. The van der Waals surface area contributed by atoms with E-state index >= 15 is 0 Å². The molecule has 2 aliphatic heterocycles. The average molecular weight is 303 g/mol. The number of sulfonamides is 1. The summed E-state index contributed by atoms with van der Waals surface area (Å²) in [7, 11) is -3.11. The summed E-state index contributed by atoms with van der Waals surface area (Å²) in [5.74, 6) is 0.932. The van der Waals surface area contributed by atoms with Gasteiger partial charge in [-0.25, -0.2) is 8.42 Å². The summed E-state index contributed by atoms with van der Waals surface area (Å²) in [6.07, 6.45) is 2.70. The summed E-state index contributed by atoms with van der Waals surface area (Å²) in [5.41, 5.74) is 0. The number of nitrogens with one attached hydrogen (secondary N) is 1. The molecule has 2 heterocycles. The molecule has 0 aliphatic carbocycles. The molecular formula is C13H25N3O3S. The zero-order valence-corrected chi connectivity index (χ0v) is 13.0. The number of carbonyl (C=O) groups excluding carboxylic acids is 1. The van der Waals surface area contributed by atoms with E-state index in [0.717, 1.165) is 25.9 Å². The number of hydrogen-bond acceptors (Lipinski definition) is 4. The predicted octanol–water partition coefficient (Wildman–Crippen LogP) is -0.130. The van der Waals surface area contributed by atoms with Gasteiger partial charge in [0.2, 0.25) is 15.9 Å². The number of carbonyl (C=O) groups is 1. The Balaban J connectivity index is 1.74. The fraction of sp³-hybridized carbons (Fsp3) is 0.923. The lowest BCUT2D eigenvalue weighted by atomic mass is 10.0. The molecule has 2 fully saturated rings. The van der Waals surface area contributed by atoms with Gasteiger partial charge < -0.3 is 10.2 Å². The standard InChI is InChI=1S/C13H25N3O3S/c1-2-20(18,19)16-9-7-15(8-10-16)13(17)4-3-12-5-6-14-11-12/h12,14H,2-11H2,1H3. The van der Waals surface area contributed by atoms with Crippen molar-refractivity contribution in [2.24, 2.45) is 5.92 Å². The van der Waals surface area contributed by atoms with Crippen LogP contribution in [0.3, 0.4) is 0 Å². The third kappa shape index (κ3) is 3.93. The molecule has 0 aromatic carbocycles. The number of hydrogen-bond donors (Lipinski definition) is 1. The molecule has 2 saturated heterocycles. The smallest absolute Gasteiger partial charge is 0.222 e. The largest absolute Gasteiger partial charge is 0.340 e. The fourth-order valence-electron chi connectivity index (χ4n) is 2.84. The van der Waals surface area contributed by atoms with Gasteiger partial charge >= 0.3 is 0 Å². The minimum absolute atomic E-state index is 0.135. The Morgan fingerprint density at radius 3 is 2.50 bits per heavy atom. The van der Waals surface area contributed by atoms with E-state index in [4.69, 9.17) is 0 Å². The molecule has 0 radical (unpaired) electrons. The van der Waals surface area contributed by atoms with Crippen molar-refractivity contribution >= 4 is 15.9 Å². The van der Waals surface area contributed by atoms with E-state index in [9.17, 15) is 13.2 Å². The highest BCUT2D eigenvalue weighted by atomic mass is 32.2. The van der Waals surface area contributed by atoms with Crippen molar-refractivity contribution in [2.75, 3.05) is 45.0 Å². The number of amides is 1. The van der Waals surface area contributed by atoms with Gasteiger partial charge in [0.25, 0.3) is 0 Å². The van der Waals surface area contributed by atoms with Crippen LogP contribution in [0, 0.1) is 5.92 Å². The molecule has 2 aliphatic rings. The summed E-state index contributed by atoms with van der Waals surface area (Å²) in [6, 6.07) is 0. The first kappa shape index (κ1) is 15.7. The average Bonchev–Trinajstić information content (AvgIpc) is 2.98. The van der Waals surface area contributed by atoms with Crippen molar-refractivity contribution in [1.29, 1.82) is 0 Å². The van der Waals surface area contributed by atoms with Crippen LogP contribution in [0.15, 0.2) is 0 Å². The summed E-state index contributed by atoms with van der Waals surface area (Å²) in [4.78, 5) is 13.9. The zero-order chi connectivity index (χ0) is 14.6. The molecule has 1 amide bonds. The second-order valence-corrected chi connectivity index (χ2v) is 7.84. The minimum Gasteiger partial charge on any atom is -0.340 e. The molecule has 0 saturated carbocycles. The summed E-state index contributed by atoms with van der Waals surface area (Å²) in [5, 5.41) is 3.31. The van der Waals surface area contributed by atoms with Crippen LogP contribution in [0.5, 0.6) is 0 Å². The highest BCUT2D eigenvalue weighted by Crippen LogP contribution is 2.16. The first-order chi connectivity index (χ1) is 9.53. The van der Waals surface area contributed by atoms with Crippen LogP contribution < -0.4 is 5.32 Å². The molecule has 7 heteroatoms. The molecule has 2 rings (SSSR count). The van der Waals surface area contributed by atoms with Crippen molar-refractivity contribution in [2.45, 2.75) is 26.2 Å². The monoisotopic (exact) mass is 303 g/mol. The van der Waals surface area contributed by atoms with Gasteiger partial charge in [0.05, 0.1) is 5.75 Å². The molecular weight excluding hydrogens is 278 g/mol. The zero-order valence-electron chi connectivity index (χ0n) is 12.2. The molecule has 20 heavy (non-hydrogen) atoms. The quantitative estimate of drug-likeness (QED) is 0.768. The SMILES string of the molecule is CCS(=O)(=O)N1CCN(C(=O)CCC2CCNC2)CC1. The van der Waals surface area contributed by atoms with Gasteiger partial charge in [-0.15, -0.1) is 0 Å². The summed E-state index contributed by atoms with van der Waals surface area (Å²) in [6.45, 7) is 5.67. The number of piperazine rings is 1. The Morgan fingerprint density at radius 2 is 1.95 bits per heavy atom.